The van der Waals surface area contributed by atoms with E-state index in [1.807, 2.05) is 42.5 Å². The van der Waals surface area contributed by atoms with Crippen LogP contribution in [0.1, 0.15) is 5.56 Å². The topological polar surface area (TPSA) is 56.8 Å². The van der Waals surface area contributed by atoms with Gasteiger partial charge in [0.05, 0.1) is 14.2 Å². The molecule has 0 saturated carbocycles. The predicted octanol–water partition coefficient (Wildman–Crippen LogP) is 3.00. The van der Waals surface area contributed by atoms with Gasteiger partial charge in [0.2, 0.25) is 0 Å². The van der Waals surface area contributed by atoms with Crippen LogP contribution in [0.4, 0.5) is 0 Å². The minimum Gasteiger partial charge on any atom is -0.493 e. The van der Waals surface area contributed by atoms with Crippen LogP contribution in [0.15, 0.2) is 42.5 Å². The molecule has 0 fully saturated rings. The molecule has 0 unspecified atom stereocenters. The molecule has 0 bridgehead atoms. The second kappa shape index (κ2) is 8.61. The molecular weight excluding hydrogens is 409 g/mol. The summed E-state index contributed by atoms with van der Waals surface area (Å²) in [6, 6.07) is 13.0. The number of ether oxygens (including phenoxy) is 3. The Bertz CT molecular complexity index is 658. The number of halogens is 1. The van der Waals surface area contributed by atoms with Crippen molar-refractivity contribution in [3.05, 3.63) is 51.6 Å². The van der Waals surface area contributed by atoms with Crippen LogP contribution in [-0.2, 0) is 11.3 Å². The Morgan fingerprint density at radius 2 is 1.74 bits per heavy atom. The largest absolute Gasteiger partial charge is 0.493 e. The number of carbonyl (C=O) groups is 1. The summed E-state index contributed by atoms with van der Waals surface area (Å²) >= 11 is 2.21. The van der Waals surface area contributed by atoms with Gasteiger partial charge in [-0.1, -0.05) is 6.07 Å². The maximum Gasteiger partial charge on any atom is 0.258 e. The van der Waals surface area contributed by atoms with Crippen LogP contribution >= 0.6 is 22.6 Å². The van der Waals surface area contributed by atoms with Gasteiger partial charge in [0.15, 0.2) is 18.1 Å². The molecule has 1 N–H and O–H groups in total. The Morgan fingerprint density at radius 3 is 2.39 bits per heavy atom. The van der Waals surface area contributed by atoms with Gasteiger partial charge in [-0.2, -0.15) is 0 Å². The van der Waals surface area contributed by atoms with Crippen LogP contribution in [0.2, 0.25) is 0 Å². The van der Waals surface area contributed by atoms with Gasteiger partial charge in [0.25, 0.3) is 5.91 Å². The van der Waals surface area contributed by atoms with Gasteiger partial charge in [-0.3, -0.25) is 4.79 Å². The lowest BCUT2D eigenvalue weighted by Gasteiger charge is -2.11. The van der Waals surface area contributed by atoms with Crippen LogP contribution in [0.25, 0.3) is 0 Å². The number of methoxy groups -OCH3 is 2. The molecule has 0 aliphatic rings. The summed E-state index contributed by atoms with van der Waals surface area (Å²) in [5.74, 6) is 1.78. The number of carbonyl (C=O) groups excluding carboxylic acids is 1. The van der Waals surface area contributed by atoms with Crippen LogP contribution < -0.4 is 19.5 Å². The standard InChI is InChI=1S/C17H18INO4/c1-21-15-8-3-12(9-16(15)22-2)10-19-17(20)11-23-14-6-4-13(18)5-7-14/h3-9H,10-11H2,1-2H3,(H,19,20). The lowest BCUT2D eigenvalue weighted by atomic mass is 10.2. The van der Waals surface area contributed by atoms with Gasteiger partial charge < -0.3 is 19.5 Å². The number of benzene rings is 2. The van der Waals surface area contributed by atoms with Crippen LogP contribution in [0.5, 0.6) is 17.2 Å². The van der Waals surface area contributed by atoms with Crippen LogP contribution in [0, 0.1) is 3.57 Å². The van der Waals surface area contributed by atoms with Crippen molar-refractivity contribution in [3.63, 3.8) is 0 Å². The maximum absolute atomic E-state index is 11.8. The molecule has 0 saturated heterocycles. The van der Waals surface area contributed by atoms with E-state index < -0.39 is 0 Å². The van der Waals surface area contributed by atoms with Crippen molar-refractivity contribution in [2.75, 3.05) is 20.8 Å². The van der Waals surface area contributed by atoms with Gasteiger partial charge >= 0.3 is 0 Å². The van der Waals surface area contributed by atoms with E-state index in [1.54, 1.807) is 14.2 Å². The Kier molecular flexibility index (Phi) is 6.52. The Labute approximate surface area is 149 Å². The highest BCUT2D eigenvalue weighted by atomic mass is 127. The van der Waals surface area contributed by atoms with Gasteiger partial charge in [-0.05, 0) is 64.6 Å². The molecule has 6 heteroatoms. The zero-order valence-electron chi connectivity index (χ0n) is 13.0. The van der Waals surface area contributed by atoms with Crippen molar-refractivity contribution in [3.8, 4) is 17.2 Å². The molecule has 0 heterocycles. The summed E-state index contributed by atoms with van der Waals surface area (Å²) < 4.78 is 17.0. The fraction of sp³-hybridized carbons (Fsp3) is 0.235. The molecule has 5 nitrogen and oxygen atoms in total. The SMILES string of the molecule is COc1ccc(CNC(=O)COc2ccc(I)cc2)cc1OC. The van der Waals surface area contributed by atoms with Crippen molar-refractivity contribution in [2.24, 2.45) is 0 Å². The van der Waals surface area contributed by atoms with E-state index in [0.717, 1.165) is 9.13 Å². The molecule has 0 spiro atoms. The van der Waals surface area contributed by atoms with Crippen LogP contribution in [0.3, 0.4) is 0 Å². The van der Waals surface area contributed by atoms with Gasteiger partial charge in [-0.25, -0.2) is 0 Å². The minimum absolute atomic E-state index is 0.0200. The third-order valence-electron chi connectivity index (χ3n) is 3.12. The Hall–Kier alpha value is -1.96. The number of nitrogens with one attached hydrogen (secondary N) is 1. The molecule has 0 radical (unpaired) electrons. The minimum atomic E-state index is -0.182. The molecule has 0 aliphatic carbocycles. The van der Waals surface area contributed by atoms with Gasteiger partial charge in [0, 0.05) is 10.1 Å². The van der Waals surface area contributed by atoms with Gasteiger partial charge in [-0.15, -0.1) is 0 Å². The third kappa shape index (κ3) is 5.31. The van der Waals surface area contributed by atoms with Crippen molar-refractivity contribution in [1.82, 2.24) is 5.32 Å². The molecule has 0 atom stereocenters. The highest BCUT2D eigenvalue weighted by Crippen LogP contribution is 2.27. The molecule has 1 amide bonds. The molecule has 0 aromatic heterocycles. The highest BCUT2D eigenvalue weighted by molar-refractivity contribution is 14.1. The number of hydrogen-bond acceptors (Lipinski definition) is 4. The third-order valence-corrected chi connectivity index (χ3v) is 3.84. The lowest BCUT2D eigenvalue weighted by Crippen LogP contribution is -2.28. The summed E-state index contributed by atoms with van der Waals surface area (Å²) in [6.07, 6.45) is 0. The molecule has 2 aromatic rings. The van der Waals surface area contributed by atoms with E-state index in [2.05, 4.69) is 27.9 Å². The zero-order valence-corrected chi connectivity index (χ0v) is 15.1. The summed E-state index contributed by atoms with van der Waals surface area (Å²) in [4.78, 5) is 11.8. The average molecular weight is 427 g/mol. The first-order valence-electron chi connectivity index (χ1n) is 6.98. The quantitative estimate of drug-likeness (QED) is 0.691. The normalized spacial score (nSPS) is 10.0. The van der Waals surface area contributed by atoms with E-state index in [1.165, 1.54) is 0 Å². The molecule has 2 aromatic carbocycles. The fourth-order valence-electron chi connectivity index (χ4n) is 1.92. The highest BCUT2D eigenvalue weighted by Gasteiger charge is 2.07. The summed E-state index contributed by atoms with van der Waals surface area (Å²) in [6.45, 7) is 0.378. The van der Waals surface area contributed by atoms with E-state index >= 15 is 0 Å². The monoisotopic (exact) mass is 427 g/mol. The fourth-order valence-corrected chi connectivity index (χ4v) is 2.28. The van der Waals surface area contributed by atoms with Crippen LogP contribution in [-0.4, -0.2) is 26.7 Å². The van der Waals surface area contributed by atoms with Crippen molar-refractivity contribution < 1.29 is 19.0 Å². The average Bonchev–Trinajstić information content (AvgIpc) is 2.59. The number of rotatable bonds is 7. The smallest absolute Gasteiger partial charge is 0.258 e. The first-order chi connectivity index (χ1) is 11.1. The molecule has 2 rings (SSSR count). The van der Waals surface area contributed by atoms with Crippen molar-refractivity contribution in [1.29, 1.82) is 0 Å². The van der Waals surface area contributed by atoms with E-state index in [-0.39, 0.29) is 12.5 Å². The Morgan fingerprint density at radius 1 is 1.04 bits per heavy atom. The summed E-state index contributed by atoms with van der Waals surface area (Å²) in [5.41, 5.74) is 0.922. The number of amides is 1. The zero-order chi connectivity index (χ0) is 16.7. The second-order valence-electron chi connectivity index (χ2n) is 4.71. The van der Waals surface area contributed by atoms with E-state index in [9.17, 15) is 4.79 Å². The summed E-state index contributed by atoms with van der Waals surface area (Å²) in [7, 11) is 3.16. The van der Waals surface area contributed by atoms with Gasteiger partial charge in [0.1, 0.15) is 5.75 Å². The predicted molar refractivity (Wildman–Crippen MR) is 96.0 cm³/mol. The first kappa shape index (κ1) is 17.4. The van der Waals surface area contributed by atoms with E-state index in [4.69, 9.17) is 14.2 Å². The summed E-state index contributed by atoms with van der Waals surface area (Å²) in [5, 5.41) is 2.81. The second-order valence-corrected chi connectivity index (χ2v) is 5.95. The molecular formula is C17H18INO4. The first-order valence-corrected chi connectivity index (χ1v) is 8.06. The lowest BCUT2D eigenvalue weighted by molar-refractivity contribution is -0.123. The Balaban J connectivity index is 1.83. The van der Waals surface area contributed by atoms with Crippen molar-refractivity contribution in [2.45, 2.75) is 6.54 Å². The molecule has 122 valence electrons. The molecule has 23 heavy (non-hydrogen) atoms. The molecule has 0 aliphatic heterocycles. The van der Waals surface area contributed by atoms with E-state index in [0.29, 0.717) is 23.8 Å². The maximum atomic E-state index is 11.8. The van der Waals surface area contributed by atoms with Crippen molar-refractivity contribution >= 4 is 28.5 Å². The number of hydrogen-bond donors (Lipinski definition) is 1.